The predicted molar refractivity (Wildman–Crippen MR) is 87.0 cm³/mol. The smallest absolute Gasteiger partial charge is 0.120 e. The van der Waals surface area contributed by atoms with Gasteiger partial charge in [-0.1, -0.05) is 55.6 Å². The van der Waals surface area contributed by atoms with Crippen LogP contribution >= 0.6 is 31.9 Å². The minimum atomic E-state index is 0.608. The van der Waals surface area contributed by atoms with Gasteiger partial charge in [-0.15, -0.1) is 0 Å². The topological polar surface area (TPSA) is 9.23 Å². The van der Waals surface area contributed by atoms with Crippen molar-refractivity contribution in [3.8, 4) is 5.75 Å². The van der Waals surface area contributed by atoms with Crippen molar-refractivity contribution in [1.82, 2.24) is 0 Å². The second-order valence-corrected chi connectivity index (χ2v) is 6.02. The molecule has 0 radical (unpaired) electrons. The summed E-state index contributed by atoms with van der Waals surface area (Å²) in [7, 11) is 0. The largest absolute Gasteiger partial charge is 0.489 e. The molecule has 1 nitrogen and oxygen atoms in total. The molecule has 0 amide bonds. The van der Waals surface area contributed by atoms with Gasteiger partial charge in [0.05, 0.1) is 0 Å². The monoisotopic (exact) mass is 382 g/mol. The number of hydrogen-bond donors (Lipinski definition) is 0. The summed E-state index contributed by atoms with van der Waals surface area (Å²) in [5.74, 6) is 0.901. The van der Waals surface area contributed by atoms with E-state index in [0.29, 0.717) is 6.61 Å². The Morgan fingerprint density at radius 2 is 1.79 bits per heavy atom. The van der Waals surface area contributed by atoms with Crippen LogP contribution in [0.3, 0.4) is 0 Å². The van der Waals surface area contributed by atoms with Gasteiger partial charge in [0.15, 0.2) is 0 Å². The molecule has 2 rings (SSSR count). The van der Waals surface area contributed by atoms with Gasteiger partial charge in [0.1, 0.15) is 12.4 Å². The maximum atomic E-state index is 5.88. The van der Waals surface area contributed by atoms with Crippen LogP contribution in [0.15, 0.2) is 40.9 Å². The zero-order chi connectivity index (χ0) is 13.8. The van der Waals surface area contributed by atoms with Crippen molar-refractivity contribution in [2.45, 2.75) is 25.8 Å². The van der Waals surface area contributed by atoms with Gasteiger partial charge in [-0.2, -0.15) is 0 Å². The maximum Gasteiger partial charge on any atom is 0.120 e. The van der Waals surface area contributed by atoms with Gasteiger partial charge in [-0.05, 0) is 48.7 Å². The molecule has 0 spiro atoms. The molecule has 0 fully saturated rings. The summed E-state index contributed by atoms with van der Waals surface area (Å²) >= 11 is 7.00. The van der Waals surface area contributed by atoms with E-state index in [0.717, 1.165) is 15.6 Å². The average Bonchev–Trinajstić information content (AvgIpc) is 2.41. The van der Waals surface area contributed by atoms with E-state index in [4.69, 9.17) is 4.74 Å². The van der Waals surface area contributed by atoms with Crippen molar-refractivity contribution in [3.63, 3.8) is 0 Å². The van der Waals surface area contributed by atoms with E-state index in [9.17, 15) is 0 Å². The molecule has 100 valence electrons. The second-order valence-electron chi connectivity index (χ2n) is 4.61. The standard InChI is InChI=1S/C16H16Br2O/c1-11-3-4-12(2)14(7-11)10-19-15-5-6-16(18)13(8-15)9-17/h3-8H,9-10H2,1-2H3. The van der Waals surface area contributed by atoms with Gasteiger partial charge in [-0.25, -0.2) is 0 Å². The van der Waals surface area contributed by atoms with Crippen molar-refractivity contribution in [3.05, 3.63) is 63.1 Å². The van der Waals surface area contributed by atoms with Crippen molar-refractivity contribution in [1.29, 1.82) is 0 Å². The molecule has 0 saturated heterocycles. The zero-order valence-electron chi connectivity index (χ0n) is 11.0. The normalized spacial score (nSPS) is 10.5. The van der Waals surface area contributed by atoms with E-state index in [1.54, 1.807) is 0 Å². The number of ether oxygens (including phenoxy) is 1. The maximum absolute atomic E-state index is 5.88. The summed E-state index contributed by atoms with van der Waals surface area (Å²) in [6.45, 7) is 4.83. The molecule has 0 atom stereocenters. The first-order valence-electron chi connectivity index (χ1n) is 6.13. The van der Waals surface area contributed by atoms with Gasteiger partial charge >= 0.3 is 0 Å². The average molecular weight is 384 g/mol. The third-order valence-electron chi connectivity index (χ3n) is 3.06. The van der Waals surface area contributed by atoms with Crippen molar-refractivity contribution in [2.75, 3.05) is 0 Å². The molecule has 2 aromatic rings. The highest BCUT2D eigenvalue weighted by Crippen LogP contribution is 2.25. The Kier molecular flexibility index (Phi) is 5.06. The molecule has 19 heavy (non-hydrogen) atoms. The molecule has 0 aromatic heterocycles. The number of alkyl halides is 1. The van der Waals surface area contributed by atoms with Gasteiger partial charge in [0, 0.05) is 9.80 Å². The SMILES string of the molecule is Cc1ccc(C)c(COc2ccc(Br)c(CBr)c2)c1. The van der Waals surface area contributed by atoms with Crippen LogP contribution < -0.4 is 4.74 Å². The van der Waals surface area contributed by atoms with Crippen LogP contribution in [0, 0.1) is 13.8 Å². The Balaban J connectivity index is 2.12. The van der Waals surface area contributed by atoms with Crippen LogP contribution in [-0.4, -0.2) is 0 Å². The quantitative estimate of drug-likeness (QED) is 0.629. The molecule has 3 heteroatoms. The molecule has 0 aliphatic rings. The van der Waals surface area contributed by atoms with Crippen molar-refractivity contribution in [2.24, 2.45) is 0 Å². The number of hydrogen-bond acceptors (Lipinski definition) is 1. The summed E-state index contributed by atoms with van der Waals surface area (Å²) in [5.41, 5.74) is 4.96. The minimum Gasteiger partial charge on any atom is -0.489 e. The molecule has 0 aliphatic carbocycles. The summed E-state index contributed by atoms with van der Waals surface area (Å²) in [6.07, 6.45) is 0. The highest BCUT2D eigenvalue weighted by molar-refractivity contribution is 9.10. The predicted octanol–water partition coefficient (Wildman–Crippen LogP) is 5.54. The fourth-order valence-corrected chi connectivity index (χ4v) is 3.09. The summed E-state index contributed by atoms with van der Waals surface area (Å²) in [5, 5.41) is 0.814. The molecule has 0 bridgehead atoms. The first kappa shape index (κ1) is 14.6. The lowest BCUT2D eigenvalue weighted by Gasteiger charge is -2.11. The Morgan fingerprint density at radius 3 is 2.53 bits per heavy atom. The highest BCUT2D eigenvalue weighted by atomic mass is 79.9. The Labute approximate surface area is 131 Å². The molecule has 0 N–H and O–H groups in total. The van der Waals surface area contributed by atoms with Crippen molar-refractivity contribution >= 4 is 31.9 Å². The lowest BCUT2D eigenvalue weighted by molar-refractivity contribution is 0.305. The third kappa shape index (κ3) is 3.83. The molecular weight excluding hydrogens is 368 g/mol. The number of aryl methyl sites for hydroxylation is 2. The van der Waals surface area contributed by atoms with E-state index < -0.39 is 0 Å². The van der Waals surface area contributed by atoms with Crippen LogP contribution in [0.1, 0.15) is 22.3 Å². The van der Waals surface area contributed by atoms with Gasteiger partial charge in [-0.3, -0.25) is 0 Å². The molecule has 0 saturated carbocycles. The summed E-state index contributed by atoms with van der Waals surface area (Å²) in [6, 6.07) is 12.5. The van der Waals surface area contributed by atoms with Crippen LogP contribution in [0.25, 0.3) is 0 Å². The van der Waals surface area contributed by atoms with Crippen LogP contribution in [0.4, 0.5) is 0 Å². The van der Waals surface area contributed by atoms with E-state index in [1.165, 1.54) is 22.3 Å². The van der Waals surface area contributed by atoms with E-state index >= 15 is 0 Å². The molecular formula is C16H16Br2O. The Morgan fingerprint density at radius 1 is 1.00 bits per heavy atom. The van der Waals surface area contributed by atoms with Gasteiger partial charge in [0.25, 0.3) is 0 Å². The van der Waals surface area contributed by atoms with Gasteiger partial charge in [0.2, 0.25) is 0 Å². The fourth-order valence-electron chi connectivity index (χ4n) is 1.86. The van der Waals surface area contributed by atoms with Gasteiger partial charge < -0.3 is 4.74 Å². The highest BCUT2D eigenvalue weighted by Gasteiger charge is 2.03. The van der Waals surface area contributed by atoms with E-state index in [-0.39, 0.29) is 0 Å². The Hall–Kier alpha value is -0.800. The molecule has 0 heterocycles. The van der Waals surface area contributed by atoms with Crippen molar-refractivity contribution < 1.29 is 4.74 Å². The number of halogens is 2. The summed E-state index contributed by atoms with van der Waals surface area (Å²) in [4.78, 5) is 0. The second kappa shape index (κ2) is 6.58. The minimum absolute atomic E-state index is 0.608. The zero-order valence-corrected chi connectivity index (χ0v) is 14.2. The van der Waals surface area contributed by atoms with Crippen LogP contribution in [0.5, 0.6) is 5.75 Å². The lowest BCUT2D eigenvalue weighted by Crippen LogP contribution is -1.99. The van der Waals surface area contributed by atoms with Crippen LogP contribution in [-0.2, 0) is 11.9 Å². The number of rotatable bonds is 4. The van der Waals surface area contributed by atoms with E-state index in [1.807, 2.05) is 12.1 Å². The fraction of sp³-hybridized carbons (Fsp3) is 0.250. The van der Waals surface area contributed by atoms with Crippen LogP contribution in [0.2, 0.25) is 0 Å². The first-order valence-corrected chi connectivity index (χ1v) is 8.05. The molecule has 0 aliphatic heterocycles. The molecule has 2 aromatic carbocycles. The third-order valence-corrected chi connectivity index (χ3v) is 4.44. The summed E-state index contributed by atoms with van der Waals surface area (Å²) < 4.78 is 6.98. The lowest BCUT2D eigenvalue weighted by atomic mass is 10.1. The number of benzene rings is 2. The Bertz CT molecular complexity index is 579. The molecule has 0 unspecified atom stereocenters. The first-order chi connectivity index (χ1) is 9.10. The van der Waals surface area contributed by atoms with E-state index in [2.05, 4.69) is 70.0 Å².